The maximum Gasteiger partial charge on any atom is 0.326 e. The Kier molecular flexibility index (Phi) is 4.08. The molecule has 2 N–H and O–H groups in total. The Bertz CT molecular complexity index is 526. The highest BCUT2D eigenvalue weighted by atomic mass is 16.4. The molecule has 1 saturated heterocycles. The van der Waals surface area contributed by atoms with Crippen LogP contribution in [0.5, 0.6) is 0 Å². The molecule has 2 heterocycles. The van der Waals surface area contributed by atoms with Crippen molar-refractivity contribution in [3.05, 3.63) is 17.5 Å². The van der Waals surface area contributed by atoms with Gasteiger partial charge in [-0.05, 0) is 19.4 Å². The molecule has 1 aromatic heterocycles. The average molecular weight is 281 g/mol. The van der Waals surface area contributed by atoms with Crippen LogP contribution >= 0.6 is 0 Å². The normalized spacial score (nSPS) is 22.2. The molecule has 2 rings (SSSR count). The number of hydrogen-bond acceptors (Lipinski definition) is 4. The lowest BCUT2D eigenvalue weighted by atomic mass is 10.2. The topological polar surface area (TPSA) is 95.7 Å². The van der Waals surface area contributed by atoms with Crippen LogP contribution in [0, 0.1) is 0 Å². The Morgan fingerprint density at radius 3 is 2.70 bits per heavy atom. The van der Waals surface area contributed by atoms with Crippen LogP contribution in [0.1, 0.15) is 36.5 Å². The SMILES string of the molecule is CCc1cc(C(=O)N2C[C@H](O)C[C@@H]2C(=O)O)n(CC)n1. The lowest BCUT2D eigenvalue weighted by Crippen LogP contribution is -2.41. The van der Waals surface area contributed by atoms with Crippen LogP contribution in [0.4, 0.5) is 0 Å². The van der Waals surface area contributed by atoms with Gasteiger partial charge in [0.1, 0.15) is 11.7 Å². The second-order valence-electron chi connectivity index (χ2n) is 4.89. The number of aliphatic hydroxyl groups excluding tert-OH is 1. The van der Waals surface area contributed by atoms with E-state index in [0.29, 0.717) is 18.7 Å². The second kappa shape index (κ2) is 5.62. The smallest absolute Gasteiger partial charge is 0.326 e. The molecule has 0 saturated carbocycles. The minimum atomic E-state index is -1.09. The maximum absolute atomic E-state index is 12.5. The molecule has 0 aliphatic carbocycles. The van der Waals surface area contributed by atoms with Gasteiger partial charge in [0.05, 0.1) is 11.8 Å². The first-order valence-electron chi connectivity index (χ1n) is 6.76. The van der Waals surface area contributed by atoms with Crippen LogP contribution < -0.4 is 0 Å². The molecule has 1 amide bonds. The average Bonchev–Trinajstić information content (AvgIpc) is 3.00. The van der Waals surface area contributed by atoms with Crippen molar-refractivity contribution in [2.45, 2.75) is 45.4 Å². The fraction of sp³-hybridized carbons (Fsp3) is 0.615. The molecule has 110 valence electrons. The highest BCUT2D eigenvalue weighted by molar-refractivity contribution is 5.95. The molecular formula is C13H19N3O4. The van der Waals surface area contributed by atoms with E-state index in [9.17, 15) is 14.7 Å². The molecule has 0 spiro atoms. The van der Waals surface area contributed by atoms with Gasteiger partial charge in [-0.15, -0.1) is 0 Å². The van der Waals surface area contributed by atoms with Gasteiger partial charge in [-0.1, -0.05) is 6.92 Å². The fourth-order valence-electron chi connectivity index (χ4n) is 2.48. The summed E-state index contributed by atoms with van der Waals surface area (Å²) < 4.78 is 1.57. The van der Waals surface area contributed by atoms with Gasteiger partial charge in [-0.3, -0.25) is 9.48 Å². The van der Waals surface area contributed by atoms with E-state index in [1.807, 2.05) is 13.8 Å². The maximum atomic E-state index is 12.5. The zero-order valence-corrected chi connectivity index (χ0v) is 11.6. The Morgan fingerprint density at radius 1 is 1.45 bits per heavy atom. The Balaban J connectivity index is 2.30. The van der Waals surface area contributed by atoms with Gasteiger partial charge in [-0.25, -0.2) is 4.79 Å². The van der Waals surface area contributed by atoms with Crippen molar-refractivity contribution in [3.63, 3.8) is 0 Å². The predicted octanol–water partition coefficient (Wildman–Crippen LogP) is 0.125. The lowest BCUT2D eigenvalue weighted by Gasteiger charge is -2.21. The first kappa shape index (κ1) is 14.5. The number of aliphatic carboxylic acids is 1. The van der Waals surface area contributed by atoms with E-state index in [2.05, 4.69) is 5.10 Å². The van der Waals surface area contributed by atoms with E-state index in [4.69, 9.17) is 5.11 Å². The quantitative estimate of drug-likeness (QED) is 0.817. The number of carboxylic acid groups (broad SMARTS) is 1. The molecule has 1 aliphatic heterocycles. The van der Waals surface area contributed by atoms with Crippen molar-refractivity contribution in [3.8, 4) is 0 Å². The zero-order valence-electron chi connectivity index (χ0n) is 11.6. The van der Waals surface area contributed by atoms with Crippen molar-refractivity contribution in [1.82, 2.24) is 14.7 Å². The zero-order chi connectivity index (χ0) is 14.9. The summed E-state index contributed by atoms with van der Waals surface area (Å²) in [5.41, 5.74) is 1.17. The van der Waals surface area contributed by atoms with Crippen molar-refractivity contribution >= 4 is 11.9 Å². The van der Waals surface area contributed by atoms with Crippen LogP contribution in [-0.4, -0.2) is 55.5 Å². The summed E-state index contributed by atoms with van der Waals surface area (Å²) in [4.78, 5) is 24.9. The Hall–Kier alpha value is -1.89. The van der Waals surface area contributed by atoms with Crippen LogP contribution in [-0.2, 0) is 17.8 Å². The summed E-state index contributed by atoms with van der Waals surface area (Å²) in [6.07, 6.45) is -0.0102. The van der Waals surface area contributed by atoms with Gasteiger partial charge in [0.25, 0.3) is 5.91 Å². The lowest BCUT2D eigenvalue weighted by molar-refractivity contribution is -0.141. The summed E-state index contributed by atoms with van der Waals surface area (Å²) in [7, 11) is 0. The Morgan fingerprint density at radius 2 is 2.15 bits per heavy atom. The van der Waals surface area contributed by atoms with Crippen molar-refractivity contribution in [2.24, 2.45) is 0 Å². The number of amides is 1. The molecule has 1 fully saturated rings. The van der Waals surface area contributed by atoms with Crippen LogP contribution in [0.25, 0.3) is 0 Å². The van der Waals surface area contributed by atoms with E-state index < -0.39 is 18.1 Å². The number of likely N-dealkylation sites (tertiary alicyclic amines) is 1. The number of carbonyl (C=O) groups is 2. The number of hydrogen-bond donors (Lipinski definition) is 2. The van der Waals surface area contributed by atoms with Crippen LogP contribution in [0.2, 0.25) is 0 Å². The summed E-state index contributed by atoms with van der Waals surface area (Å²) in [6.45, 7) is 4.40. The molecule has 20 heavy (non-hydrogen) atoms. The van der Waals surface area contributed by atoms with Crippen LogP contribution in [0.15, 0.2) is 6.07 Å². The summed E-state index contributed by atoms with van der Waals surface area (Å²) in [6, 6.07) is 0.720. The highest BCUT2D eigenvalue weighted by Crippen LogP contribution is 2.21. The third-order valence-corrected chi connectivity index (χ3v) is 3.54. The first-order valence-corrected chi connectivity index (χ1v) is 6.76. The molecule has 0 radical (unpaired) electrons. The predicted molar refractivity (Wildman–Crippen MR) is 70.4 cm³/mol. The number of aliphatic hydroxyl groups is 1. The standard InChI is InChI=1S/C13H19N3O4/c1-3-8-5-10(16(4-2)14-8)12(18)15-7-9(17)6-11(15)13(19)20/h5,9,11,17H,3-4,6-7H2,1-2H3,(H,19,20)/t9-,11-/m1/s1. The van der Waals surface area contributed by atoms with Gasteiger partial charge < -0.3 is 15.1 Å². The van der Waals surface area contributed by atoms with E-state index in [1.54, 1.807) is 10.7 Å². The number of aryl methyl sites for hydroxylation is 2. The number of β-amino-alcohol motifs (C(OH)–C–C–N with tert-alkyl or cyclic N) is 1. The van der Waals surface area contributed by atoms with E-state index in [1.165, 1.54) is 4.90 Å². The number of rotatable bonds is 4. The number of carbonyl (C=O) groups excluding carboxylic acids is 1. The van der Waals surface area contributed by atoms with Gasteiger partial charge in [0, 0.05) is 19.5 Å². The minimum absolute atomic E-state index is 0.0478. The van der Waals surface area contributed by atoms with E-state index in [0.717, 1.165) is 5.69 Å². The van der Waals surface area contributed by atoms with Crippen molar-refractivity contribution in [1.29, 1.82) is 0 Å². The van der Waals surface area contributed by atoms with E-state index in [-0.39, 0.29) is 18.9 Å². The number of aromatic nitrogens is 2. The molecule has 7 nitrogen and oxygen atoms in total. The summed E-state index contributed by atoms with van der Waals surface area (Å²) >= 11 is 0. The van der Waals surface area contributed by atoms with Gasteiger partial charge in [0.2, 0.25) is 0 Å². The van der Waals surface area contributed by atoms with Crippen molar-refractivity contribution in [2.75, 3.05) is 6.54 Å². The van der Waals surface area contributed by atoms with E-state index >= 15 is 0 Å². The monoisotopic (exact) mass is 281 g/mol. The molecule has 0 aromatic carbocycles. The van der Waals surface area contributed by atoms with Crippen molar-refractivity contribution < 1.29 is 19.8 Å². The molecule has 0 unspecified atom stereocenters. The molecule has 1 aliphatic rings. The number of nitrogens with zero attached hydrogens (tertiary/aromatic N) is 3. The van der Waals surface area contributed by atoms with Crippen LogP contribution in [0.3, 0.4) is 0 Å². The Labute approximate surface area is 116 Å². The largest absolute Gasteiger partial charge is 0.480 e. The van der Waals surface area contributed by atoms with Gasteiger partial charge in [-0.2, -0.15) is 5.10 Å². The summed E-state index contributed by atoms with van der Waals surface area (Å²) in [5.74, 6) is -1.48. The third kappa shape index (κ3) is 2.53. The second-order valence-corrected chi connectivity index (χ2v) is 4.89. The summed E-state index contributed by atoms with van der Waals surface area (Å²) in [5, 5.41) is 23.0. The molecular weight excluding hydrogens is 262 g/mol. The molecule has 7 heteroatoms. The first-order chi connectivity index (χ1) is 9.47. The number of carboxylic acids is 1. The highest BCUT2D eigenvalue weighted by Gasteiger charge is 2.40. The van der Waals surface area contributed by atoms with Gasteiger partial charge >= 0.3 is 5.97 Å². The minimum Gasteiger partial charge on any atom is -0.480 e. The molecule has 0 bridgehead atoms. The fourth-order valence-corrected chi connectivity index (χ4v) is 2.48. The molecule has 2 atom stereocenters. The molecule has 1 aromatic rings. The third-order valence-electron chi connectivity index (χ3n) is 3.54. The van der Waals surface area contributed by atoms with Gasteiger partial charge in [0.15, 0.2) is 0 Å².